The van der Waals surface area contributed by atoms with E-state index < -0.39 is 0 Å². The van der Waals surface area contributed by atoms with Gasteiger partial charge in [0.05, 0.1) is 0 Å². The van der Waals surface area contributed by atoms with Gasteiger partial charge in [0.1, 0.15) is 0 Å². The summed E-state index contributed by atoms with van der Waals surface area (Å²) < 4.78 is 1.29. The zero-order chi connectivity index (χ0) is 3.58. The van der Waals surface area contributed by atoms with Crippen LogP contribution in [-0.2, 0) is 18.3 Å². The van der Waals surface area contributed by atoms with Crippen molar-refractivity contribution in [3.8, 4) is 0 Å². The van der Waals surface area contributed by atoms with Crippen molar-refractivity contribution >= 4 is 0 Å². The van der Waals surface area contributed by atoms with E-state index in [4.69, 9.17) is 0 Å². The second-order valence-electron chi connectivity index (χ2n) is 0.957. The van der Waals surface area contributed by atoms with Crippen LogP contribution in [-0.4, -0.2) is 0 Å². The third kappa shape index (κ3) is 4510. The summed E-state index contributed by atoms with van der Waals surface area (Å²) in [6.07, 6.45) is 0. The first-order valence-corrected chi connectivity index (χ1v) is 2.69. The predicted octanol–water partition coefficient (Wildman–Crippen LogP) is 1.52. The Morgan fingerprint density at radius 2 is 1.29 bits per heavy atom. The van der Waals surface area contributed by atoms with Crippen LogP contribution in [0, 0.1) is 0 Å². The molecule has 0 aromatic rings. The van der Waals surface area contributed by atoms with E-state index in [2.05, 4.69) is 6.58 Å². The molecule has 7 heavy (non-hydrogen) atoms. The molecule has 0 atom stereocenters. The molecule has 0 amide bonds. The van der Waals surface area contributed by atoms with Crippen molar-refractivity contribution in [2.75, 3.05) is 0 Å². The van der Waals surface area contributed by atoms with Crippen molar-refractivity contribution in [2.24, 2.45) is 0 Å². The molecule has 0 rings (SSSR count). The molecule has 0 nitrogen and oxygen atoms in total. The number of rotatable bonds is 0. The Kier molecular flexibility index (Phi) is 63.9. The average Bonchev–Trinajstić information content (AvgIpc) is 0.811. The van der Waals surface area contributed by atoms with Gasteiger partial charge in [0.2, 0.25) is 0 Å². The van der Waals surface area contributed by atoms with Gasteiger partial charge in [-0.3, -0.25) is 14.1 Å². The zero-order valence-electron chi connectivity index (χ0n) is 4.14. The minimum Gasteiger partial charge on any atom is -0.269 e. The van der Waals surface area contributed by atoms with Gasteiger partial charge in [0.25, 0.3) is 0 Å². The third-order valence-corrected chi connectivity index (χ3v) is 0. The molecule has 0 saturated heterocycles. The van der Waals surface area contributed by atoms with Crippen LogP contribution in [0.3, 0.4) is 0 Å². The molecule has 0 aromatic heterocycles. The topological polar surface area (TPSA) is 0 Å². The van der Waals surface area contributed by atoms with Crippen LogP contribution in [0.25, 0.3) is 0 Å². The van der Waals surface area contributed by atoms with Crippen molar-refractivity contribution in [3.63, 3.8) is 0 Å². The molecule has 0 fully saturated rings. The first kappa shape index (κ1) is 27.2. The van der Waals surface area contributed by atoms with Crippen molar-refractivity contribution < 1.29 is 32.4 Å². The molecule has 0 unspecified atom stereocenters. The van der Waals surface area contributed by atoms with Crippen LogP contribution in [0.5, 0.6) is 0 Å². The van der Waals surface area contributed by atoms with Crippen LogP contribution in [0.15, 0.2) is 10.7 Å². The van der Waals surface area contributed by atoms with Crippen molar-refractivity contribution in [1.29, 1.82) is 0 Å². The molecule has 0 N–H and O–H groups in total. The van der Waals surface area contributed by atoms with E-state index in [0.717, 1.165) is 0 Å². The molecule has 0 saturated carbocycles. The molecule has 0 aliphatic rings. The maximum absolute atomic E-state index is 3.61. The molecule has 43 valence electrons. The summed E-state index contributed by atoms with van der Waals surface area (Å²) in [7, 11) is 0. The van der Waals surface area contributed by atoms with Crippen LogP contribution in [0.1, 0.15) is 6.92 Å². The van der Waals surface area contributed by atoms with Crippen LogP contribution in [0.2, 0.25) is 0 Å². The normalized spacial score (nSPS) is 3.86. The fourth-order valence-corrected chi connectivity index (χ4v) is 0. The average molecular weight is 166 g/mol. The molecule has 0 aromatic carbocycles. The summed E-state index contributed by atoms with van der Waals surface area (Å²) in [5.41, 5.74) is 0. The van der Waals surface area contributed by atoms with Crippen molar-refractivity contribution in [1.82, 2.24) is 0 Å². The fourth-order valence-electron chi connectivity index (χ4n) is 0. The maximum atomic E-state index is 3.61. The monoisotopic (exact) mass is 165 g/mol. The molecule has 0 bridgehead atoms. The molecule has 0 radical (unpaired) electrons. The fraction of sp³-hybridized carbons (Fsp3) is 0.333. The van der Waals surface area contributed by atoms with E-state index in [9.17, 15) is 0 Å². The van der Waals surface area contributed by atoms with Gasteiger partial charge >= 0.3 is 36.0 Å². The molecule has 0 aliphatic carbocycles. The summed E-state index contributed by atoms with van der Waals surface area (Å²) >= 11 is 1.24. The van der Waals surface area contributed by atoms with E-state index in [-0.39, 0.29) is 14.1 Å². The van der Waals surface area contributed by atoms with E-state index in [0.29, 0.717) is 0 Å². The van der Waals surface area contributed by atoms with Gasteiger partial charge in [-0.25, -0.2) is 0 Å². The molecule has 0 spiro atoms. The Morgan fingerprint density at radius 3 is 1.29 bits per heavy atom. The van der Waals surface area contributed by atoms with E-state index in [1.165, 1.54) is 22.5 Å². The van der Waals surface area contributed by atoms with Crippen LogP contribution in [0.4, 0.5) is 14.1 Å². The number of hydrogen-bond acceptors (Lipinski definition) is 0. The summed E-state index contributed by atoms with van der Waals surface area (Å²) in [6.45, 7) is 5.64. The van der Waals surface area contributed by atoms with Gasteiger partial charge in [-0.15, -0.1) is 0 Å². The van der Waals surface area contributed by atoms with E-state index >= 15 is 0 Å². The predicted molar refractivity (Wildman–Crippen MR) is 22.3 cm³/mol. The van der Waals surface area contributed by atoms with Crippen molar-refractivity contribution in [2.45, 2.75) is 6.92 Å². The van der Waals surface area contributed by atoms with E-state index in [1.54, 1.807) is 0 Å². The maximum Gasteiger partial charge on any atom is -0.269 e. The van der Waals surface area contributed by atoms with Gasteiger partial charge in [-0.1, -0.05) is 0 Å². The Labute approximate surface area is 50.8 Å². The molecular formula is C3H8F3Zn. The first-order chi connectivity index (χ1) is 1.73. The van der Waals surface area contributed by atoms with Crippen LogP contribution < -0.4 is 0 Å². The Morgan fingerprint density at radius 1 is 1.29 bits per heavy atom. The summed E-state index contributed by atoms with van der Waals surface area (Å²) in [5, 5.41) is 0. The second kappa shape index (κ2) is 16.4. The van der Waals surface area contributed by atoms with Crippen molar-refractivity contribution in [3.05, 3.63) is 10.7 Å². The van der Waals surface area contributed by atoms with Crippen LogP contribution >= 0.6 is 0 Å². The Bertz CT molecular complexity index is 33.2. The number of halogens is 3. The summed E-state index contributed by atoms with van der Waals surface area (Å²) in [5.74, 6) is 0. The zero-order valence-corrected chi connectivity index (χ0v) is 7.11. The summed E-state index contributed by atoms with van der Waals surface area (Å²) in [6, 6.07) is 0. The standard InChI is InChI=1S/C3H5.3FH.Zn/c1-3-2;;;;/h1H2,2H3;3*1H;. The quantitative estimate of drug-likeness (QED) is 0.479. The van der Waals surface area contributed by atoms with Gasteiger partial charge in [0.15, 0.2) is 0 Å². The minimum absolute atomic E-state index is 0. The SMILES string of the molecule is C=[C](C)[Zn].F.F.F. The van der Waals surface area contributed by atoms with Gasteiger partial charge in [-0.05, 0) is 0 Å². The largest absolute Gasteiger partial charge is 0.269 e. The Balaban J connectivity index is -0.0000000150. The Hall–Kier alpha value is 0.153. The van der Waals surface area contributed by atoms with E-state index in [1.807, 2.05) is 6.92 Å². The first-order valence-electron chi connectivity index (χ1n) is 1.21. The smallest absolute Gasteiger partial charge is 0.269 e. The van der Waals surface area contributed by atoms with Gasteiger partial charge in [-0.2, -0.15) is 0 Å². The van der Waals surface area contributed by atoms with Gasteiger partial charge < -0.3 is 0 Å². The summed E-state index contributed by atoms with van der Waals surface area (Å²) in [4.78, 5) is 0. The number of hydrogen-bond donors (Lipinski definition) is 0. The molecule has 0 heterocycles. The van der Waals surface area contributed by atoms with Gasteiger partial charge in [0, 0.05) is 0 Å². The minimum atomic E-state index is 0. The molecular weight excluding hydrogens is 158 g/mol. The third-order valence-electron chi connectivity index (χ3n) is 0. The number of allylic oxidation sites excluding steroid dienone is 1. The molecule has 0 aliphatic heterocycles. The second-order valence-corrected chi connectivity index (χ2v) is 3.49. The molecule has 4 heteroatoms.